The molecule has 0 aliphatic rings. The van der Waals surface area contributed by atoms with Crippen LogP contribution in [0, 0.1) is 5.41 Å². The van der Waals surface area contributed by atoms with Gasteiger partial charge >= 0.3 is 0 Å². The lowest BCUT2D eigenvalue weighted by molar-refractivity contribution is -0.173. The van der Waals surface area contributed by atoms with Gasteiger partial charge in [-0.2, -0.15) is 0 Å². The van der Waals surface area contributed by atoms with E-state index >= 15 is 0 Å². The quantitative estimate of drug-likeness (QED) is 0.365. The minimum absolute atomic E-state index is 0.230. The van der Waals surface area contributed by atoms with Crippen molar-refractivity contribution in [2.24, 2.45) is 5.41 Å². The lowest BCUT2D eigenvalue weighted by Gasteiger charge is -2.28. The second kappa shape index (κ2) is 13.4. The molecule has 0 aromatic heterocycles. The van der Waals surface area contributed by atoms with Gasteiger partial charge in [-0.15, -0.1) is 0 Å². The van der Waals surface area contributed by atoms with Crippen LogP contribution in [0.25, 0.3) is 0 Å². The molecule has 0 aromatic carbocycles. The largest absolute Gasteiger partial charge is 0.382 e. The second-order valence-electron chi connectivity index (χ2n) is 5.40. The van der Waals surface area contributed by atoms with E-state index in [0.29, 0.717) is 52.9 Å². The number of aliphatic hydroxyl groups is 1. The molecule has 0 amide bonds. The maximum absolute atomic E-state index is 9.81. The molecular formula is C15H32O6. The van der Waals surface area contributed by atoms with Gasteiger partial charge in [0.1, 0.15) is 0 Å². The summed E-state index contributed by atoms with van der Waals surface area (Å²) in [7, 11) is 1.64. The molecule has 0 saturated heterocycles. The zero-order chi connectivity index (χ0) is 16.0. The van der Waals surface area contributed by atoms with Crippen molar-refractivity contribution in [1.29, 1.82) is 0 Å². The fraction of sp³-hybridized carbons (Fsp3) is 1.00. The lowest BCUT2D eigenvalue weighted by Crippen LogP contribution is -2.32. The highest BCUT2D eigenvalue weighted by molar-refractivity contribution is 4.69. The molecule has 0 radical (unpaired) electrons. The van der Waals surface area contributed by atoms with E-state index in [-0.39, 0.29) is 5.41 Å². The smallest absolute Gasteiger partial charge is 0.159 e. The summed E-state index contributed by atoms with van der Waals surface area (Å²) < 4.78 is 26.1. The summed E-state index contributed by atoms with van der Waals surface area (Å²) in [4.78, 5) is 0. The molecule has 21 heavy (non-hydrogen) atoms. The molecule has 0 fully saturated rings. The van der Waals surface area contributed by atoms with Crippen LogP contribution in [-0.2, 0) is 23.7 Å². The van der Waals surface area contributed by atoms with Crippen molar-refractivity contribution in [3.63, 3.8) is 0 Å². The standard InChI is InChI=1S/C15H32O6/c1-5-15(2,3)14(16)21-13-12-20-11-10-19-9-8-18-7-6-17-4/h14,16H,5-13H2,1-4H3. The average molecular weight is 308 g/mol. The summed E-state index contributed by atoms with van der Waals surface area (Å²) >= 11 is 0. The van der Waals surface area contributed by atoms with Gasteiger partial charge in [-0.25, -0.2) is 0 Å². The SMILES string of the molecule is CCC(C)(C)C(O)OCCOCCOCCOCCOC. The second-order valence-corrected chi connectivity index (χ2v) is 5.40. The molecular weight excluding hydrogens is 276 g/mol. The highest BCUT2D eigenvalue weighted by Gasteiger charge is 2.26. The minimum atomic E-state index is -0.758. The normalized spacial score (nSPS) is 13.6. The monoisotopic (exact) mass is 308 g/mol. The number of hydrogen-bond acceptors (Lipinski definition) is 6. The predicted molar refractivity (Wildman–Crippen MR) is 80.4 cm³/mol. The van der Waals surface area contributed by atoms with Crippen molar-refractivity contribution in [3.8, 4) is 0 Å². The molecule has 0 aromatic rings. The van der Waals surface area contributed by atoms with Crippen LogP contribution in [0.15, 0.2) is 0 Å². The third kappa shape index (κ3) is 12.0. The maximum Gasteiger partial charge on any atom is 0.159 e. The molecule has 1 N–H and O–H groups in total. The van der Waals surface area contributed by atoms with E-state index in [0.717, 1.165) is 6.42 Å². The van der Waals surface area contributed by atoms with Crippen molar-refractivity contribution in [3.05, 3.63) is 0 Å². The molecule has 0 heterocycles. The Kier molecular flexibility index (Phi) is 13.3. The van der Waals surface area contributed by atoms with Gasteiger partial charge in [-0.1, -0.05) is 20.8 Å². The van der Waals surface area contributed by atoms with E-state index in [4.69, 9.17) is 23.7 Å². The Bertz CT molecular complexity index is 222. The molecule has 1 atom stereocenters. The predicted octanol–water partition coefficient (Wildman–Crippen LogP) is 1.45. The molecule has 0 bridgehead atoms. The van der Waals surface area contributed by atoms with Gasteiger partial charge < -0.3 is 28.8 Å². The van der Waals surface area contributed by atoms with Crippen LogP contribution in [0.4, 0.5) is 0 Å². The Balaban J connectivity index is 3.23. The first-order chi connectivity index (χ1) is 10.0. The number of ether oxygens (including phenoxy) is 5. The Morgan fingerprint density at radius 3 is 1.67 bits per heavy atom. The van der Waals surface area contributed by atoms with E-state index in [1.54, 1.807) is 7.11 Å². The van der Waals surface area contributed by atoms with Crippen LogP contribution >= 0.6 is 0 Å². The molecule has 128 valence electrons. The fourth-order valence-corrected chi connectivity index (χ4v) is 1.30. The van der Waals surface area contributed by atoms with Gasteiger partial charge in [0.05, 0.1) is 52.9 Å². The number of rotatable bonds is 15. The highest BCUT2D eigenvalue weighted by atomic mass is 16.6. The minimum Gasteiger partial charge on any atom is -0.382 e. The van der Waals surface area contributed by atoms with Crippen molar-refractivity contribution < 1.29 is 28.8 Å². The van der Waals surface area contributed by atoms with Crippen molar-refractivity contribution >= 4 is 0 Å². The van der Waals surface area contributed by atoms with Gasteiger partial charge in [0.25, 0.3) is 0 Å². The summed E-state index contributed by atoms with van der Waals surface area (Å²) in [5.41, 5.74) is -0.230. The molecule has 0 saturated carbocycles. The summed E-state index contributed by atoms with van der Waals surface area (Å²) in [6.07, 6.45) is 0.0987. The van der Waals surface area contributed by atoms with Gasteiger partial charge in [0.2, 0.25) is 0 Å². The van der Waals surface area contributed by atoms with Crippen LogP contribution in [0.2, 0.25) is 0 Å². The summed E-state index contributed by atoms with van der Waals surface area (Å²) in [6.45, 7) is 10.1. The Morgan fingerprint density at radius 2 is 1.24 bits per heavy atom. The topological polar surface area (TPSA) is 66.4 Å². The van der Waals surface area contributed by atoms with E-state index in [2.05, 4.69) is 0 Å². The van der Waals surface area contributed by atoms with E-state index < -0.39 is 6.29 Å². The van der Waals surface area contributed by atoms with Gasteiger partial charge in [-0.05, 0) is 6.42 Å². The Morgan fingerprint density at radius 1 is 0.810 bits per heavy atom. The summed E-state index contributed by atoms with van der Waals surface area (Å²) in [6, 6.07) is 0. The summed E-state index contributed by atoms with van der Waals surface area (Å²) in [5, 5.41) is 9.81. The average Bonchev–Trinajstić information content (AvgIpc) is 2.48. The van der Waals surface area contributed by atoms with Gasteiger partial charge in [-0.3, -0.25) is 0 Å². The van der Waals surface area contributed by atoms with Crippen molar-refractivity contribution in [2.75, 3.05) is 60.0 Å². The van der Waals surface area contributed by atoms with E-state index in [1.807, 2.05) is 20.8 Å². The fourth-order valence-electron chi connectivity index (χ4n) is 1.30. The molecule has 6 heteroatoms. The van der Waals surface area contributed by atoms with Gasteiger partial charge in [0, 0.05) is 12.5 Å². The lowest BCUT2D eigenvalue weighted by atomic mass is 9.90. The molecule has 6 nitrogen and oxygen atoms in total. The maximum atomic E-state index is 9.81. The molecule has 0 aliphatic carbocycles. The van der Waals surface area contributed by atoms with E-state index in [1.165, 1.54) is 0 Å². The van der Waals surface area contributed by atoms with Crippen LogP contribution < -0.4 is 0 Å². The van der Waals surface area contributed by atoms with Crippen molar-refractivity contribution in [1.82, 2.24) is 0 Å². The Labute approximate surface area is 128 Å². The molecule has 0 rings (SSSR count). The number of hydrogen-bond donors (Lipinski definition) is 1. The van der Waals surface area contributed by atoms with Gasteiger partial charge in [0.15, 0.2) is 6.29 Å². The van der Waals surface area contributed by atoms with Crippen LogP contribution in [0.3, 0.4) is 0 Å². The van der Waals surface area contributed by atoms with Crippen LogP contribution in [-0.4, -0.2) is 71.4 Å². The molecule has 0 spiro atoms. The highest BCUT2D eigenvalue weighted by Crippen LogP contribution is 2.25. The number of methoxy groups -OCH3 is 1. The van der Waals surface area contributed by atoms with E-state index in [9.17, 15) is 5.11 Å². The summed E-state index contributed by atoms with van der Waals surface area (Å²) in [5.74, 6) is 0. The zero-order valence-electron chi connectivity index (χ0n) is 13.9. The molecule has 1 unspecified atom stereocenters. The third-order valence-corrected chi connectivity index (χ3v) is 3.26. The molecule has 0 aliphatic heterocycles. The first-order valence-electron chi connectivity index (χ1n) is 7.56. The zero-order valence-corrected chi connectivity index (χ0v) is 13.9. The third-order valence-electron chi connectivity index (χ3n) is 3.26. The first kappa shape index (κ1) is 20.8. The van der Waals surface area contributed by atoms with Crippen molar-refractivity contribution in [2.45, 2.75) is 33.5 Å². The first-order valence-corrected chi connectivity index (χ1v) is 7.56. The number of aliphatic hydroxyl groups excluding tert-OH is 1. The van der Waals surface area contributed by atoms with Crippen LogP contribution in [0.1, 0.15) is 27.2 Å². The van der Waals surface area contributed by atoms with Crippen LogP contribution in [0.5, 0.6) is 0 Å². The Hall–Kier alpha value is -0.240.